The fourth-order valence-corrected chi connectivity index (χ4v) is 1.88. The van der Waals surface area contributed by atoms with E-state index in [4.69, 9.17) is 17.3 Å². The summed E-state index contributed by atoms with van der Waals surface area (Å²) in [5, 5.41) is 3.95. The first-order chi connectivity index (χ1) is 8.47. The maximum atomic E-state index is 5.90. The molecular weight excluding hydrogens is 246 g/mol. The molecule has 1 aliphatic carbocycles. The number of halogens is 1. The van der Waals surface area contributed by atoms with Crippen LogP contribution in [-0.4, -0.2) is 18.5 Å². The molecular formula is C14H20ClN3. The van der Waals surface area contributed by atoms with Gasteiger partial charge in [0.25, 0.3) is 0 Å². The summed E-state index contributed by atoms with van der Waals surface area (Å²) in [6.07, 6.45) is 2.41. The fourth-order valence-electron chi connectivity index (χ4n) is 1.76. The molecule has 1 aromatic carbocycles. The summed E-state index contributed by atoms with van der Waals surface area (Å²) in [6, 6.07) is 8.46. The van der Waals surface area contributed by atoms with E-state index in [0.29, 0.717) is 18.5 Å². The van der Waals surface area contributed by atoms with Gasteiger partial charge in [0.05, 0.1) is 6.54 Å². The molecule has 3 N–H and O–H groups in total. The molecule has 1 fully saturated rings. The van der Waals surface area contributed by atoms with Crippen LogP contribution in [0.15, 0.2) is 29.3 Å². The predicted octanol–water partition coefficient (Wildman–Crippen LogP) is 2.68. The number of benzene rings is 1. The van der Waals surface area contributed by atoms with Gasteiger partial charge in [0.2, 0.25) is 0 Å². The van der Waals surface area contributed by atoms with Crippen LogP contribution in [0.2, 0.25) is 5.02 Å². The van der Waals surface area contributed by atoms with E-state index in [1.165, 1.54) is 18.4 Å². The van der Waals surface area contributed by atoms with Gasteiger partial charge in [-0.1, -0.05) is 37.6 Å². The lowest BCUT2D eigenvalue weighted by atomic mass is 9.85. The van der Waals surface area contributed by atoms with Gasteiger partial charge in [0.1, 0.15) is 0 Å². The maximum Gasteiger partial charge on any atom is 0.188 e. The smallest absolute Gasteiger partial charge is 0.188 e. The zero-order valence-corrected chi connectivity index (χ0v) is 11.7. The molecule has 1 aliphatic rings. The van der Waals surface area contributed by atoms with Crippen molar-refractivity contribution in [2.75, 3.05) is 6.54 Å². The molecule has 1 aromatic rings. The molecule has 2 rings (SSSR count). The molecule has 18 heavy (non-hydrogen) atoms. The van der Waals surface area contributed by atoms with Crippen molar-refractivity contribution in [2.24, 2.45) is 10.7 Å². The Morgan fingerprint density at radius 2 is 2.00 bits per heavy atom. The third kappa shape index (κ3) is 3.64. The van der Waals surface area contributed by atoms with Gasteiger partial charge in [0.15, 0.2) is 5.96 Å². The second-order valence-electron chi connectivity index (χ2n) is 5.51. The maximum absolute atomic E-state index is 5.90. The summed E-state index contributed by atoms with van der Waals surface area (Å²) in [6.45, 7) is 4.98. The van der Waals surface area contributed by atoms with Crippen molar-refractivity contribution in [3.63, 3.8) is 0 Å². The summed E-state index contributed by atoms with van der Waals surface area (Å²) < 4.78 is 0. The van der Waals surface area contributed by atoms with Gasteiger partial charge in [-0.3, -0.25) is 4.99 Å². The van der Waals surface area contributed by atoms with Gasteiger partial charge in [-0.05, 0) is 30.5 Å². The van der Waals surface area contributed by atoms with Crippen molar-refractivity contribution in [1.29, 1.82) is 0 Å². The van der Waals surface area contributed by atoms with E-state index >= 15 is 0 Å². The average molecular weight is 266 g/mol. The molecule has 0 radical (unpaired) electrons. The molecule has 0 bridgehead atoms. The Bertz CT molecular complexity index is 433. The molecule has 0 saturated heterocycles. The first-order valence-electron chi connectivity index (χ1n) is 6.30. The highest BCUT2D eigenvalue weighted by Crippen LogP contribution is 2.25. The number of hydrogen-bond acceptors (Lipinski definition) is 1. The van der Waals surface area contributed by atoms with E-state index < -0.39 is 0 Å². The number of nitrogens with zero attached hydrogens (tertiary/aromatic N) is 1. The molecule has 0 aromatic heterocycles. The zero-order valence-electron chi connectivity index (χ0n) is 10.9. The number of guanidine groups is 1. The van der Waals surface area contributed by atoms with E-state index in [1.54, 1.807) is 0 Å². The van der Waals surface area contributed by atoms with Gasteiger partial charge in [-0.2, -0.15) is 0 Å². The zero-order chi connectivity index (χ0) is 13.2. The highest BCUT2D eigenvalue weighted by molar-refractivity contribution is 6.30. The van der Waals surface area contributed by atoms with Crippen molar-refractivity contribution in [3.05, 3.63) is 34.9 Å². The van der Waals surface area contributed by atoms with E-state index in [9.17, 15) is 0 Å². The Labute approximate surface area is 113 Å². The second-order valence-corrected chi connectivity index (χ2v) is 5.95. The van der Waals surface area contributed by atoms with Crippen molar-refractivity contribution >= 4 is 17.6 Å². The molecule has 1 saturated carbocycles. The molecule has 3 nitrogen and oxygen atoms in total. The summed E-state index contributed by atoms with van der Waals surface area (Å²) in [7, 11) is 0. The summed E-state index contributed by atoms with van der Waals surface area (Å²) in [5.74, 6) is 0.555. The van der Waals surface area contributed by atoms with Crippen LogP contribution in [0.1, 0.15) is 32.3 Å². The van der Waals surface area contributed by atoms with Crippen LogP contribution in [0, 0.1) is 0 Å². The van der Waals surface area contributed by atoms with Gasteiger partial charge in [0, 0.05) is 16.5 Å². The van der Waals surface area contributed by atoms with E-state index in [2.05, 4.69) is 24.2 Å². The SMILES string of the molecule is CC(C)(CN=C(N)NC1CC1)c1ccc(Cl)cc1. The highest BCUT2D eigenvalue weighted by atomic mass is 35.5. The predicted molar refractivity (Wildman–Crippen MR) is 77.1 cm³/mol. The monoisotopic (exact) mass is 265 g/mol. The lowest BCUT2D eigenvalue weighted by Gasteiger charge is -2.23. The molecule has 0 unspecified atom stereocenters. The lowest BCUT2D eigenvalue weighted by Crippen LogP contribution is -2.35. The topological polar surface area (TPSA) is 50.4 Å². The van der Waals surface area contributed by atoms with E-state index in [1.807, 2.05) is 24.3 Å². The van der Waals surface area contributed by atoms with Crippen LogP contribution in [0.25, 0.3) is 0 Å². The first-order valence-corrected chi connectivity index (χ1v) is 6.68. The summed E-state index contributed by atoms with van der Waals surface area (Å²) in [4.78, 5) is 4.43. The van der Waals surface area contributed by atoms with E-state index in [0.717, 1.165) is 5.02 Å². The largest absolute Gasteiger partial charge is 0.370 e. The number of aliphatic imine (C=N–C) groups is 1. The van der Waals surface area contributed by atoms with Crippen LogP contribution in [-0.2, 0) is 5.41 Å². The quantitative estimate of drug-likeness (QED) is 0.650. The first kappa shape index (κ1) is 13.2. The minimum atomic E-state index is -0.0412. The minimum absolute atomic E-state index is 0.0412. The molecule has 0 aliphatic heterocycles. The molecule has 0 atom stereocenters. The van der Waals surface area contributed by atoms with Crippen LogP contribution in [0.3, 0.4) is 0 Å². The Morgan fingerprint density at radius 1 is 1.39 bits per heavy atom. The Hall–Kier alpha value is -1.22. The van der Waals surface area contributed by atoms with E-state index in [-0.39, 0.29) is 5.41 Å². The highest BCUT2D eigenvalue weighted by Gasteiger charge is 2.23. The van der Waals surface area contributed by atoms with Crippen molar-refractivity contribution in [1.82, 2.24) is 5.32 Å². The van der Waals surface area contributed by atoms with Crippen LogP contribution < -0.4 is 11.1 Å². The van der Waals surface area contributed by atoms with Crippen LogP contribution in [0.5, 0.6) is 0 Å². The average Bonchev–Trinajstić information content (AvgIpc) is 3.11. The molecule has 0 amide bonds. The number of rotatable bonds is 4. The van der Waals surface area contributed by atoms with Crippen molar-refractivity contribution in [2.45, 2.75) is 38.1 Å². The summed E-state index contributed by atoms with van der Waals surface area (Å²) >= 11 is 5.90. The number of nitrogens with two attached hydrogens (primary N) is 1. The fraction of sp³-hybridized carbons (Fsp3) is 0.500. The van der Waals surface area contributed by atoms with Crippen LogP contribution in [0.4, 0.5) is 0 Å². The Morgan fingerprint density at radius 3 is 2.56 bits per heavy atom. The number of hydrogen-bond donors (Lipinski definition) is 2. The van der Waals surface area contributed by atoms with Gasteiger partial charge in [-0.25, -0.2) is 0 Å². The minimum Gasteiger partial charge on any atom is -0.370 e. The number of nitrogens with one attached hydrogen (secondary N) is 1. The van der Waals surface area contributed by atoms with Crippen molar-refractivity contribution in [3.8, 4) is 0 Å². The Balaban J connectivity index is 1.99. The molecule has 0 spiro atoms. The second kappa shape index (κ2) is 5.19. The third-order valence-electron chi connectivity index (χ3n) is 3.20. The lowest BCUT2D eigenvalue weighted by molar-refractivity contribution is 0.538. The normalized spacial score (nSPS) is 16.7. The Kier molecular flexibility index (Phi) is 3.81. The molecule has 0 heterocycles. The molecule has 98 valence electrons. The summed E-state index contributed by atoms with van der Waals surface area (Å²) in [5.41, 5.74) is 7.02. The standard InChI is InChI=1S/C14H20ClN3/c1-14(2,10-3-5-11(15)6-4-10)9-17-13(16)18-12-7-8-12/h3-6,12H,7-9H2,1-2H3,(H3,16,17,18). The van der Waals surface area contributed by atoms with Gasteiger partial charge >= 0.3 is 0 Å². The van der Waals surface area contributed by atoms with Gasteiger partial charge in [-0.15, -0.1) is 0 Å². The van der Waals surface area contributed by atoms with Crippen LogP contribution >= 0.6 is 11.6 Å². The van der Waals surface area contributed by atoms with Gasteiger partial charge < -0.3 is 11.1 Å². The molecule has 4 heteroatoms. The third-order valence-corrected chi connectivity index (χ3v) is 3.45. The van der Waals surface area contributed by atoms with Crippen molar-refractivity contribution < 1.29 is 0 Å².